The summed E-state index contributed by atoms with van der Waals surface area (Å²) in [6.07, 6.45) is 0. The van der Waals surface area contributed by atoms with Crippen molar-refractivity contribution in [1.82, 2.24) is 0 Å². The van der Waals surface area contributed by atoms with Crippen molar-refractivity contribution >= 4 is 27.3 Å². The van der Waals surface area contributed by atoms with E-state index < -0.39 is 0 Å². The lowest BCUT2D eigenvalue weighted by atomic mass is 10.0. The third kappa shape index (κ3) is 1.97. The quantitative estimate of drug-likeness (QED) is 0.760. The van der Waals surface area contributed by atoms with E-state index in [-0.39, 0.29) is 0 Å². The SMILES string of the molecule is Cc1cc(C#N)ccc1-c1cscc1Br. The molecule has 0 aliphatic rings. The highest BCUT2D eigenvalue weighted by atomic mass is 79.9. The topological polar surface area (TPSA) is 23.8 Å². The van der Waals surface area contributed by atoms with E-state index in [0.29, 0.717) is 5.56 Å². The third-order valence-electron chi connectivity index (χ3n) is 2.26. The van der Waals surface area contributed by atoms with Gasteiger partial charge in [-0.1, -0.05) is 6.07 Å². The Bertz CT molecular complexity index is 537. The van der Waals surface area contributed by atoms with E-state index in [1.54, 1.807) is 11.3 Å². The Labute approximate surface area is 101 Å². The van der Waals surface area contributed by atoms with Gasteiger partial charge in [0, 0.05) is 15.4 Å². The van der Waals surface area contributed by atoms with E-state index in [2.05, 4.69) is 32.8 Å². The second-order valence-electron chi connectivity index (χ2n) is 3.27. The normalized spacial score (nSPS) is 9.93. The zero-order valence-electron chi connectivity index (χ0n) is 8.12. The molecule has 0 bridgehead atoms. The van der Waals surface area contributed by atoms with Crippen molar-refractivity contribution in [3.8, 4) is 17.2 Å². The van der Waals surface area contributed by atoms with Gasteiger partial charge >= 0.3 is 0 Å². The number of rotatable bonds is 1. The van der Waals surface area contributed by atoms with Crippen molar-refractivity contribution in [3.63, 3.8) is 0 Å². The fraction of sp³-hybridized carbons (Fsp3) is 0.0833. The molecule has 3 heteroatoms. The predicted octanol–water partition coefficient (Wildman–Crippen LogP) is 4.36. The van der Waals surface area contributed by atoms with Crippen molar-refractivity contribution < 1.29 is 0 Å². The molecule has 2 rings (SSSR count). The molecular formula is C12H8BrNS. The second-order valence-corrected chi connectivity index (χ2v) is 4.87. The summed E-state index contributed by atoms with van der Waals surface area (Å²) in [7, 11) is 0. The van der Waals surface area contributed by atoms with Crippen LogP contribution in [0.3, 0.4) is 0 Å². The molecule has 1 nitrogen and oxygen atoms in total. The fourth-order valence-electron chi connectivity index (χ4n) is 1.51. The number of hydrogen-bond donors (Lipinski definition) is 0. The summed E-state index contributed by atoms with van der Waals surface area (Å²) in [5.74, 6) is 0. The average molecular weight is 278 g/mol. The van der Waals surface area contributed by atoms with Crippen molar-refractivity contribution in [3.05, 3.63) is 44.6 Å². The molecule has 74 valence electrons. The van der Waals surface area contributed by atoms with Gasteiger partial charge in [0.15, 0.2) is 0 Å². The van der Waals surface area contributed by atoms with Gasteiger partial charge in [0.1, 0.15) is 0 Å². The molecule has 15 heavy (non-hydrogen) atoms. The first-order chi connectivity index (χ1) is 7.22. The lowest BCUT2D eigenvalue weighted by molar-refractivity contribution is 1.42. The zero-order valence-corrected chi connectivity index (χ0v) is 10.5. The van der Waals surface area contributed by atoms with Crippen molar-refractivity contribution in [2.45, 2.75) is 6.92 Å². The molecule has 0 aliphatic carbocycles. The lowest BCUT2D eigenvalue weighted by Gasteiger charge is -2.04. The number of thiophene rings is 1. The number of nitriles is 1. The second kappa shape index (κ2) is 4.18. The molecule has 1 heterocycles. The molecule has 0 amide bonds. The van der Waals surface area contributed by atoms with Gasteiger partial charge in [-0.25, -0.2) is 0 Å². The summed E-state index contributed by atoms with van der Waals surface area (Å²) < 4.78 is 1.11. The van der Waals surface area contributed by atoms with E-state index in [4.69, 9.17) is 5.26 Å². The summed E-state index contributed by atoms with van der Waals surface area (Å²) in [4.78, 5) is 0. The molecule has 0 fully saturated rings. The number of benzene rings is 1. The number of halogens is 1. The summed E-state index contributed by atoms with van der Waals surface area (Å²) in [6.45, 7) is 2.03. The van der Waals surface area contributed by atoms with Crippen LogP contribution in [0.25, 0.3) is 11.1 Å². The summed E-state index contributed by atoms with van der Waals surface area (Å²) in [5, 5.41) is 13.0. The maximum absolute atomic E-state index is 8.78. The maximum Gasteiger partial charge on any atom is 0.0991 e. The first-order valence-corrected chi connectivity index (χ1v) is 6.19. The Hall–Kier alpha value is -1.11. The van der Waals surface area contributed by atoms with E-state index in [1.165, 1.54) is 11.1 Å². The molecule has 0 aliphatic heterocycles. The van der Waals surface area contributed by atoms with Crippen molar-refractivity contribution in [2.75, 3.05) is 0 Å². The van der Waals surface area contributed by atoms with Crippen LogP contribution in [0.1, 0.15) is 11.1 Å². The minimum atomic E-state index is 0.711. The molecular weight excluding hydrogens is 270 g/mol. The Morgan fingerprint density at radius 1 is 1.27 bits per heavy atom. The number of nitrogens with zero attached hydrogens (tertiary/aromatic N) is 1. The highest BCUT2D eigenvalue weighted by molar-refractivity contribution is 9.10. The monoisotopic (exact) mass is 277 g/mol. The first kappa shape index (κ1) is 10.4. The summed E-state index contributed by atoms with van der Waals surface area (Å²) >= 11 is 5.19. The largest absolute Gasteiger partial charge is 0.192 e. The summed E-state index contributed by atoms with van der Waals surface area (Å²) in [5.41, 5.74) is 4.22. The standard InChI is InChI=1S/C12H8BrNS/c1-8-4-9(5-14)2-3-10(8)11-6-15-7-12(11)13/h2-4,6-7H,1H3. The summed E-state index contributed by atoms with van der Waals surface area (Å²) in [6, 6.07) is 7.92. The van der Waals surface area contributed by atoms with E-state index in [9.17, 15) is 0 Å². The lowest BCUT2D eigenvalue weighted by Crippen LogP contribution is -1.83. The molecule has 0 saturated heterocycles. The van der Waals surface area contributed by atoms with Crippen LogP contribution in [-0.2, 0) is 0 Å². The highest BCUT2D eigenvalue weighted by Crippen LogP contribution is 2.33. The van der Waals surface area contributed by atoms with Crippen LogP contribution in [0.2, 0.25) is 0 Å². The molecule has 0 radical (unpaired) electrons. The molecule has 0 atom stereocenters. The van der Waals surface area contributed by atoms with Crippen molar-refractivity contribution in [1.29, 1.82) is 5.26 Å². The van der Waals surface area contributed by atoms with Crippen LogP contribution in [-0.4, -0.2) is 0 Å². The van der Waals surface area contributed by atoms with Crippen LogP contribution in [0, 0.1) is 18.3 Å². The van der Waals surface area contributed by atoms with Gasteiger partial charge in [-0.3, -0.25) is 0 Å². The maximum atomic E-state index is 8.78. The Kier molecular flexibility index (Phi) is 2.90. The number of aryl methyl sites for hydroxylation is 1. The van der Waals surface area contributed by atoms with Crippen LogP contribution in [0.4, 0.5) is 0 Å². The molecule has 0 saturated carbocycles. The third-order valence-corrected chi connectivity index (χ3v) is 3.96. The van der Waals surface area contributed by atoms with Gasteiger partial charge in [-0.05, 0) is 51.5 Å². The highest BCUT2D eigenvalue weighted by Gasteiger charge is 2.07. The molecule has 1 aromatic carbocycles. The van der Waals surface area contributed by atoms with E-state index >= 15 is 0 Å². The van der Waals surface area contributed by atoms with Crippen molar-refractivity contribution in [2.24, 2.45) is 0 Å². The molecule has 0 spiro atoms. The Balaban J connectivity index is 2.56. The van der Waals surface area contributed by atoms with Gasteiger partial charge < -0.3 is 0 Å². The molecule has 0 unspecified atom stereocenters. The van der Waals surface area contributed by atoms with Gasteiger partial charge in [0.2, 0.25) is 0 Å². The average Bonchev–Trinajstić information content (AvgIpc) is 2.64. The van der Waals surface area contributed by atoms with E-state index in [1.807, 2.05) is 25.1 Å². The predicted molar refractivity (Wildman–Crippen MR) is 66.9 cm³/mol. The Morgan fingerprint density at radius 3 is 2.60 bits per heavy atom. The zero-order chi connectivity index (χ0) is 10.8. The molecule has 2 aromatic rings. The molecule has 1 aromatic heterocycles. The Morgan fingerprint density at radius 2 is 2.07 bits per heavy atom. The van der Waals surface area contributed by atoms with Crippen LogP contribution in [0.5, 0.6) is 0 Å². The minimum absolute atomic E-state index is 0.711. The number of hydrogen-bond acceptors (Lipinski definition) is 2. The first-order valence-electron chi connectivity index (χ1n) is 4.45. The molecule has 0 N–H and O–H groups in total. The fourth-order valence-corrected chi connectivity index (χ4v) is 3.02. The minimum Gasteiger partial charge on any atom is -0.192 e. The van der Waals surface area contributed by atoms with Crippen LogP contribution < -0.4 is 0 Å². The van der Waals surface area contributed by atoms with Crippen LogP contribution >= 0.6 is 27.3 Å². The van der Waals surface area contributed by atoms with Gasteiger partial charge in [0.05, 0.1) is 11.6 Å². The smallest absolute Gasteiger partial charge is 0.0991 e. The van der Waals surface area contributed by atoms with E-state index in [0.717, 1.165) is 10.0 Å². The van der Waals surface area contributed by atoms with Gasteiger partial charge in [-0.2, -0.15) is 16.6 Å². The van der Waals surface area contributed by atoms with Crippen LogP contribution in [0.15, 0.2) is 33.4 Å². The van der Waals surface area contributed by atoms with Gasteiger partial charge in [-0.15, -0.1) is 0 Å². The van der Waals surface area contributed by atoms with Gasteiger partial charge in [0.25, 0.3) is 0 Å².